The van der Waals surface area contributed by atoms with Crippen LogP contribution in [0.2, 0.25) is 5.02 Å². The number of amides is 3. The number of hydrogen-bond donors (Lipinski definition) is 1. The number of benzene rings is 2. The molecule has 1 saturated heterocycles. The van der Waals surface area contributed by atoms with Crippen LogP contribution in [0.25, 0.3) is 10.6 Å². The van der Waals surface area contributed by atoms with E-state index in [-0.39, 0.29) is 18.4 Å². The van der Waals surface area contributed by atoms with E-state index in [9.17, 15) is 9.59 Å². The Morgan fingerprint density at radius 2 is 1.63 bits per heavy atom. The molecule has 1 aliphatic rings. The minimum Gasteiger partial charge on any atom is -0.339 e. The first-order chi connectivity index (χ1) is 14.6. The van der Waals surface area contributed by atoms with Gasteiger partial charge in [0.05, 0.1) is 17.1 Å². The van der Waals surface area contributed by atoms with E-state index in [1.165, 1.54) is 11.3 Å². The third-order valence-corrected chi connectivity index (χ3v) is 6.19. The highest BCUT2D eigenvalue weighted by Crippen LogP contribution is 2.30. The molecule has 3 aromatic rings. The zero-order valence-corrected chi connectivity index (χ0v) is 17.8. The first kappa shape index (κ1) is 20.4. The number of para-hydroxylation sites is 1. The molecule has 0 radical (unpaired) electrons. The zero-order chi connectivity index (χ0) is 20.9. The predicted octanol–water partition coefficient (Wildman–Crippen LogP) is 4.38. The van der Waals surface area contributed by atoms with Crippen LogP contribution < -0.4 is 5.32 Å². The summed E-state index contributed by atoms with van der Waals surface area (Å²) in [5.41, 5.74) is 2.38. The summed E-state index contributed by atoms with van der Waals surface area (Å²) in [6.07, 6.45) is 0.247. The van der Waals surface area contributed by atoms with Crippen molar-refractivity contribution in [3.63, 3.8) is 0 Å². The monoisotopic (exact) mass is 440 g/mol. The Hall–Kier alpha value is -2.90. The van der Waals surface area contributed by atoms with Crippen LogP contribution in [0.3, 0.4) is 0 Å². The second-order valence-corrected chi connectivity index (χ2v) is 8.23. The number of rotatable bonds is 4. The number of carbonyl (C=O) groups excluding carboxylic acids is 2. The molecule has 0 atom stereocenters. The van der Waals surface area contributed by atoms with Gasteiger partial charge in [-0.05, 0) is 18.2 Å². The fourth-order valence-corrected chi connectivity index (χ4v) is 4.44. The molecule has 8 heteroatoms. The molecule has 0 spiro atoms. The van der Waals surface area contributed by atoms with Crippen molar-refractivity contribution < 1.29 is 9.59 Å². The van der Waals surface area contributed by atoms with Gasteiger partial charge >= 0.3 is 6.03 Å². The van der Waals surface area contributed by atoms with E-state index in [1.807, 2.05) is 60.0 Å². The number of urea groups is 1. The lowest BCUT2D eigenvalue weighted by molar-refractivity contribution is -0.131. The van der Waals surface area contributed by atoms with Gasteiger partial charge in [-0.1, -0.05) is 48.0 Å². The number of nitrogens with one attached hydrogen (secondary N) is 1. The van der Waals surface area contributed by atoms with Gasteiger partial charge in [0.15, 0.2) is 0 Å². The number of halogens is 1. The van der Waals surface area contributed by atoms with Gasteiger partial charge in [0, 0.05) is 42.8 Å². The molecule has 3 amide bonds. The van der Waals surface area contributed by atoms with Crippen LogP contribution >= 0.6 is 22.9 Å². The van der Waals surface area contributed by atoms with Crippen LogP contribution in [0.15, 0.2) is 60.0 Å². The zero-order valence-electron chi connectivity index (χ0n) is 16.3. The Bertz CT molecular complexity index is 1030. The van der Waals surface area contributed by atoms with Gasteiger partial charge in [0.2, 0.25) is 5.91 Å². The quantitative estimate of drug-likeness (QED) is 0.654. The predicted molar refractivity (Wildman–Crippen MR) is 120 cm³/mol. The van der Waals surface area contributed by atoms with Crippen LogP contribution in [-0.2, 0) is 11.2 Å². The molecule has 1 N–H and O–H groups in total. The van der Waals surface area contributed by atoms with Crippen molar-refractivity contribution in [3.8, 4) is 10.6 Å². The molecule has 2 heterocycles. The molecule has 0 aliphatic carbocycles. The van der Waals surface area contributed by atoms with E-state index < -0.39 is 0 Å². The Balaban J connectivity index is 1.30. The number of carbonyl (C=O) groups is 2. The molecular weight excluding hydrogens is 420 g/mol. The van der Waals surface area contributed by atoms with Crippen molar-refractivity contribution >= 4 is 40.6 Å². The van der Waals surface area contributed by atoms with Crippen LogP contribution in [0, 0.1) is 0 Å². The van der Waals surface area contributed by atoms with Crippen LogP contribution in [0.4, 0.5) is 10.5 Å². The molecule has 0 bridgehead atoms. The average Bonchev–Trinajstić information content (AvgIpc) is 3.23. The molecule has 6 nitrogen and oxygen atoms in total. The highest BCUT2D eigenvalue weighted by molar-refractivity contribution is 7.13. The second kappa shape index (κ2) is 9.28. The van der Waals surface area contributed by atoms with E-state index in [4.69, 9.17) is 11.6 Å². The summed E-state index contributed by atoms with van der Waals surface area (Å²) in [5, 5.41) is 6.24. The van der Waals surface area contributed by atoms with Crippen LogP contribution in [0.1, 0.15) is 5.69 Å². The van der Waals surface area contributed by atoms with Crippen molar-refractivity contribution in [1.82, 2.24) is 14.8 Å². The lowest BCUT2D eigenvalue weighted by atomic mass is 10.2. The maximum Gasteiger partial charge on any atom is 0.321 e. The van der Waals surface area contributed by atoms with Gasteiger partial charge in [-0.25, -0.2) is 9.78 Å². The smallest absolute Gasteiger partial charge is 0.321 e. The number of aromatic nitrogens is 1. The molecule has 0 saturated carbocycles. The third kappa shape index (κ3) is 4.80. The van der Waals surface area contributed by atoms with Gasteiger partial charge in [-0.15, -0.1) is 11.3 Å². The molecule has 4 rings (SSSR count). The first-order valence-electron chi connectivity index (χ1n) is 9.68. The fourth-order valence-electron chi connectivity index (χ4n) is 3.30. The summed E-state index contributed by atoms with van der Waals surface area (Å²) in [6, 6.07) is 16.8. The van der Waals surface area contributed by atoms with E-state index >= 15 is 0 Å². The Labute approximate surface area is 184 Å². The lowest BCUT2D eigenvalue weighted by Crippen LogP contribution is -2.52. The van der Waals surface area contributed by atoms with E-state index in [0.29, 0.717) is 31.2 Å². The Morgan fingerprint density at radius 1 is 0.967 bits per heavy atom. The molecular formula is C22H21ClN4O2S. The first-order valence-corrected chi connectivity index (χ1v) is 10.9. The second-order valence-electron chi connectivity index (χ2n) is 6.96. The number of hydrogen-bond acceptors (Lipinski definition) is 4. The molecule has 1 fully saturated rings. The third-order valence-electron chi connectivity index (χ3n) is 4.93. The molecule has 154 valence electrons. The molecule has 30 heavy (non-hydrogen) atoms. The maximum atomic E-state index is 12.7. The Kier molecular flexibility index (Phi) is 6.30. The van der Waals surface area contributed by atoms with Crippen molar-refractivity contribution in [2.24, 2.45) is 0 Å². The van der Waals surface area contributed by atoms with E-state index in [1.54, 1.807) is 9.80 Å². The highest BCUT2D eigenvalue weighted by atomic mass is 35.5. The van der Waals surface area contributed by atoms with Crippen LogP contribution in [0.5, 0.6) is 0 Å². The molecule has 0 unspecified atom stereocenters. The lowest BCUT2D eigenvalue weighted by Gasteiger charge is -2.34. The normalized spacial score (nSPS) is 13.9. The summed E-state index contributed by atoms with van der Waals surface area (Å²) in [6.45, 7) is 2.05. The minimum atomic E-state index is -0.141. The van der Waals surface area contributed by atoms with Crippen LogP contribution in [-0.4, -0.2) is 52.9 Å². The summed E-state index contributed by atoms with van der Waals surface area (Å²) in [7, 11) is 0. The average molecular weight is 441 g/mol. The highest BCUT2D eigenvalue weighted by Gasteiger charge is 2.24. The molecule has 2 aromatic carbocycles. The summed E-state index contributed by atoms with van der Waals surface area (Å²) in [5.74, 6) is 0.0223. The summed E-state index contributed by atoms with van der Waals surface area (Å²) < 4.78 is 0. The standard InChI is InChI=1S/C22H21ClN4O2S/c23-19-9-5-4-8-18(19)21-24-17(15-30-21)14-20(28)26-10-12-27(13-11-26)22(29)25-16-6-2-1-3-7-16/h1-9,15H,10-14H2,(H,25,29). The van der Waals surface area contributed by atoms with Gasteiger partial charge < -0.3 is 15.1 Å². The van der Waals surface area contributed by atoms with E-state index in [2.05, 4.69) is 10.3 Å². The number of nitrogens with zero attached hydrogens (tertiary/aromatic N) is 3. The number of anilines is 1. The SMILES string of the molecule is O=C(Cc1csc(-c2ccccc2Cl)n1)N1CCN(C(=O)Nc2ccccc2)CC1. The Morgan fingerprint density at radius 3 is 2.37 bits per heavy atom. The van der Waals surface area contributed by atoms with Crippen molar-refractivity contribution in [2.45, 2.75) is 6.42 Å². The van der Waals surface area contributed by atoms with Gasteiger partial charge in [-0.2, -0.15) is 0 Å². The van der Waals surface area contributed by atoms with Gasteiger partial charge in [0.1, 0.15) is 5.01 Å². The number of piperazine rings is 1. The largest absolute Gasteiger partial charge is 0.339 e. The maximum absolute atomic E-state index is 12.7. The molecule has 1 aromatic heterocycles. The summed E-state index contributed by atoms with van der Waals surface area (Å²) >= 11 is 7.72. The topological polar surface area (TPSA) is 65.5 Å². The fraction of sp³-hybridized carbons (Fsp3) is 0.227. The molecule has 1 aliphatic heterocycles. The van der Waals surface area contributed by atoms with Gasteiger partial charge in [-0.3, -0.25) is 4.79 Å². The number of thiazole rings is 1. The minimum absolute atomic E-state index is 0.0223. The van der Waals surface area contributed by atoms with Gasteiger partial charge in [0.25, 0.3) is 0 Å². The van der Waals surface area contributed by atoms with Crippen molar-refractivity contribution in [2.75, 3.05) is 31.5 Å². The summed E-state index contributed by atoms with van der Waals surface area (Å²) in [4.78, 5) is 33.2. The van der Waals surface area contributed by atoms with Crippen molar-refractivity contribution in [3.05, 3.63) is 70.7 Å². The van der Waals surface area contributed by atoms with Crippen molar-refractivity contribution in [1.29, 1.82) is 0 Å². The van der Waals surface area contributed by atoms with E-state index in [0.717, 1.165) is 22.0 Å².